The minimum Gasteiger partial charge on any atom is -0.492 e. The lowest BCUT2D eigenvalue weighted by Crippen LogP contribution is -2.12. The fraction of sp³-hybridized carbons (Fsp3) is 0.455. The van der Waals surface area contributed by atoms with Gasteiger partial charge in [-0.1, -0.05) is 11.6 Å². The highest BCUT2D eigenvalue weighted by Gasteiger charge is 2.12. The van der Waals surface area contributed by atoms with Gasteiger partial charge in [-0.15, -0.1) is 0 Å². The summed E-state index contributed by atoms with van der Waals surface area (Å²) in [4.78, 5) is 0. The van der Waals surface area contributed by atoms with Gasteiger partial charge in [0.2, 0.25) is 0 Å². The van der Waals surface area contributed by atoms with E-state index in [1.807, 2.05) is 19.9 Å². The molecule has 3 nitrogen and oxygen atoms in total. The highest BCUT2D eigenvalue weighted by Crippen LogP contribution is 2.30. The Bertz CT molecular complexity index is 342. The maximum Gasteiger partial charge on any atom is 0.138 e. The zero-order valence-electron chi connectivity index (χ0n) is 8.96. The van der Waals surface area contributed by atoms with Gasteiger partial charge in [-0.2, -0.15) is 0 Å². The molecule has 15 heavy (non-hydrogen) atoms. The van der Waals surface area contributed by atoms with Crippen molar-refractivity contribution in [3.63, 3.8) is 0 Å². The topological polar surface area (TPSA) is 55.5 Å². The van der Waals surface area contributed by atoms with E-state index < -0.39 is 6.10 Å². The van der Waals surface area contributed by atoms with Crippen LogP contribution in [0.4, 0.5) is 0 Å². The van der Waals surface area contributed by atoms with Crippen LogP contribution in [0.3, 0.4) is 0 Å². The lowest BCUT2D eigenvalue weighted by Gasteiger charge is -2.14. The second-order valence-corrected chi connectivity index (χ2v) is 3.73. The zero-order chi connectivity index (χ0) is 11.4. The van der Waals surface area contributed by atoms with E-state index in [2.05, 4.69) is 0 Å². The first-order chi connectivity index (χ1) is 7.10. The van der Waals surface area contributed by atoms with Gasteiger partial charge >= 0.3 is 0 Å². The Hall–Kier alpha value is -0.770. The third-order valence-electron chi connectivity index (χ3n) is 2.20. The number of nitrogens with two attached hydrogens (primary N) is 1. The number of rotatable bonds is 4. The Kier molecular flexibility index (Phi) is 4.39. The summed E-state index contributed by atoms with van der Waals surface area (Å²) in [6, 6.07) is 3.53. The molecule has 0 aliphatic rings. The molecule has 0 aromatic heterocycles. The van der Waals surface area contributed by atoms with Crippen LogP contribution in [-0.4, -0.2) is 18.3 Å². The molecular weight excluding hydrogens is 214 g/mol. The molecule has 0 saturated carbocycles. The number of hydrogen-bond acceptors (Lipinski definition) is 3. The fourth-order valence-corrected chi connectivity index (χ4v) is 1.65. The third kappa shape index (κ3) is 2.84. The molecule has 0 fully saturated rings. The van der Waals surface area contributed by atoms with Gasteiger partial charge in [-0.3, -0.25) is 0 Å². The van der Waals surface area contributed by atoms with Crippen LogP contribution in [0.5, 0.6) is 5.75 Å². The predicted molar refractivity (Wildman–Crippen MR) is 61.4 cm³/mol. The van der Waals surface area contributed by atoms with Crippen molar-refractivity contribution in [2.75, 3.05) is 13.2 Å². The molecule has 0 bridgehead atoms. The molecule has 3 N–H and O–H groups in total. The van der Waals surface area contributed by atoms with Crippen molar-refractivity contribution < 1.29 is 9.84 Å². The summed E-state index contributed by atoms with van der Waals surface area (Å²) in [5, 5.41) is 10.1. The van der Waals surface area contributed by atoms with Crippen LogP contribution in [-0.2, 0) is 0 Å². The lowest BCUT2D eigenvalue weighted by molar-refractivity contribution is 0.186. The molecule has 1 aromatic carbocycles. The average Bonchev–Trinajstić information content (AvgIpc) is 2.22. The van der Waals surface area contributed by atoms with E-state index in [1.54, 1.807) is 6.07 Å². The van der Waals surface area contributed by atoms with E-state index in [9.17, 15) is 5.11 Å². The molecule has 84 valence electrons. The number of aryl methyl sites for hydroxylation is 1. The maximum atomic E-state index is 9.63. The molecule has 4 heteroatoms. The fourth-order valence-electron chi connectivity index (χ4n) is 1.42. The number of hydrogen-bond donors (Lipinski definition) is 2. The number of benzene rings is 1. The standard InChI is InChI=1S/C11H16ClNO2/c1-3-15-11-4-7(2)8(5-9(11)12)10(14)6-13/h4-5,10,14H,3,6,13H2,1-2H3. The Morgan fingerprint density at radius 2 is 2.20 bits per heavy atom. The summed E-state index contributed by atoms with van der Waals surface area (Å²) in [7, 11) is 0. The summed E-state index contributed by atoms with van der Waals surface area (Å²) < 4.78 is 5.34. The SMILES string of the molecule is CCOc1cc(C)c(C(O)CN)cc1Cl. The second kappa shape index (κ2) is 5.35. The van der Waals surface area contributed by atoms with Crippen molar-refractivity contribution in [3.05, 3.63) is 28.3 Å². The van der Waals surface area contributed by atoms with Crippen LogP contribution < -0.4 is 10.5 Å². The Labute approximate surface area is 94.8 Å². The van der Waals surface area contributed by atoms with Gasteiger partial charge in [0.1, 0.15) is 5.75 Å². The Balaban J connectivity index is 3.07. The molecule has 0 aliphatic heterocycles. The van der Waals surface area contributed by atoms with Crippen molar-refractivity contribution in [1.82, 2.24) is 0 Å². The molecular formula is C11H16ClNO2. The minimum absolute atomic E-state index is 0.186. The quantitative estimate of drug-likeness (QED) is 0.831. The summed E-state index contributed by atoms with van der Waals surface area (Å²) in [5.41, 5.74) is 7.08. The van der Waals surface area contributed by atoms with E-state index in [-0.39, 0.29) is 6.54 Å². The molecule has 1 atom stereocenters. The first-order valence-electron chi connectivity index (χ1n) is 4.91. The lowest BCUT2D eigenvalue weighted by atomic mass is 10.0. The van der Waals surface area contributed by atoms with Crippen LogP contribution in [0, 0.1) is 6.92 Å². The Morgan fingerprint density at radius 3 is 2.73 bits per heavy atom. The van der Waals surface area contributed by atoms with Crippen LogP contribution in [0.25, 0.3) is 0 Å². The highest BCUT2D eigenvalue weighted by atomic mass is 35.5. The van der Waals surface area contributed by atoms with Crippen LogP contribution >= 0.6 is 11.6 Å². The van der Waals surface area contributed by atoms with Crippen molar-refractivity contribution in [2.24, 2.45) is 5.73 Å². The van der Waals surface area contributed by atoms with Gasteiger partial charge < -0.3 is 15.6 Å². The van der Waals surface area contributed by atoms with Crippen molar-refractivity contribution in [1.29, 1.82) is 0 Å². The molecule has 0 amide bonds. The minimum atomic E-state index is -0.668. The van der Waals surface area contributed by atoms with E-state index in [0.717, 1.165) is 11.1 Å². The summed E-state index contributed by atoms with van der Waals surface area (Å²) in [6.07, 6.45) is -0.668. The first kappa shape index (κ1) is 12.3. The molecule has 1 aromatic rings. The maximum absolute atomic E-state index is 9.63. The van der Waals surface area contributed by atoms with Gasteiger partial charge in [-0.25, -0.2) is 0 Å². The molecule has 0 heterocycles. The second-order valence-electron chi connectivity index (χ2n) is 3.32. The first-order valence-corrected chi connectivity index (χ1v) is 5.28. The largest absolute Gasteiger partial charge is 0.492 e. The molecule has 0 saturated heterocycles. The van der Waals surface area contributed by atoms with E-state index in [4.69, 9.17) is 22.1 Å². The number of halogens is 1. The number of ether oxygens (including phenoxy) is 1. The smallest absolute Gasteiger partial charge is 0.138 e. The number of aliphatic hydroxyl groups excluding tert-OH is 1. The van der Waals surface area contributed by atoms with Gasteiger partial charge in [0.15, 0.2) is 0 Å². The normalized spacial score (nSPS) is 12.6. The average molecular weight is 230 g/mol. The Morgan fingerprint density at radius 1 is 1.53 bits per heavy atom. The third-order valence-corrected chi connectivity index (χ3v) is 2.50. The van der Waals surface area contributed by atoms with Crippen LogP contribution in [0.15, 0.2) is 12.1 Å². The van der Waals surface area contributed by atoms with Crippen molar-refractivity contribution in [2.45, 2.75) is 20.0 Å². The van der Waals surface area contributed by atoms with Crippen molar-refractivity contribution >= 4 is 11.6 Å². The van der Waals surface area contributed by atoms with E-state index in [0.29, 0.717) is 17.4 Å². The van der Waals surface area contributed by atoms with Gasteiger partial charge in [-0.05, 0) is 37.1 Å². The van der Waals surface area contributed by atoms with Gasteiger partial charge in [0.25, 0.3) is 0 Å². The van der Waals surface area contributed by atoms with Gasteiger partial charge in [0.05, 0.1) is 17.7 Å². The van der Waals surface area contributed by atoms with E-state index >= 15 is 0 Å². The van der Waals surface area contributed by atoms with Crippen LogP contribution in [0.1, 0.15) is 24.2 Å². The monoisotopic (exact) mass is 229 g/mol. The number of aliphatic hydroxyl groups is 1. The molecule has 1 rings (SSSR count). The van der Waals surface area contributed by atoms with Crippen LogP contribution in [0.2, 0.25) is 5.02 Å². The highest BCUT2D eigenvalue weighted by molar-refractivity contribution is 6.32. The molecule has 0 aliphatic carbocycles. The molecule has 1 unspecified atom stereocenters. The zero-order valence-corrected chi connectivity index (χ0v) is 9.71. The van der Waals surface area contributed by atoms with E-state index in [1.165, 1.54) is 0 Å². The van der Waals surface area contributed by atoms with Gasteiger partial charge in [0, 0.05) is 6.54 Å². The van der Waals surface area contributed by atoms with Crippen molar-refractivity contribution in [3.8, 4) is 5.75 Å². The summed E-state index contributed by atoms with van der Waals surface area (Å²) in [5.74, 6) is 0.643. The molecule has 0 spiro atoms. The summed E-state index contributed by atoms with van der Waals surface area (Å²) >= 11 is 6.00. The molecule has 0 radical (unpaired) electrons. The predicted octanol–water partition coefficient (Wildman–Crippen LogP) is 2.04. The summed E-state index contributed by atoms with van der Waals surface area (Å²) in [6.45, 7) is 4.55.